The Bertz CT molecular complexity index is 459. The highest BCUT2D eigenvalue weighted by atomic mass is 16.5. The Balaban J connectivity index is 2.04. The maximum absolute atomic E-state index is 11.2. The molecule has 0 heterocycles. The Hall–Kier alpha value is -1.51. The Morgan fingerprint density at radius 2 is 2.00 bits per heavy atom. The van der Waals surface area contributed by atoms with Gasteiger partial charge in [0.25, 0.3) is 0 Å². The van der Waals surface area contributed by atoms with Crippen LogP contribution in [0.5, 0.6) is 5.75 Å². The number of hydrogen-bond donors (Lipinski definition) is 1. The molecular formula is C17H24O3. The molecule has 3 nitrogen and oxygen atoms in total. The molecule has 1 aliphatic carbocycles. The van der Waals surface area contributed by atoms with E-state index in [4.69, 9.17) is 4.74 Å². The van der Waals surface area contributed by atoms with Crippen LogP contribution in [-0.4, -0.2) is 17.7 Å². The minimum absolute atomic E-state index is 0.180. The van der Waals surface area contributed by atoms with Crippen molar-refractivity contribution in [2.24, 2.45) is 5.92 Å². The quantitative estimate of drug-likeness (QED) is 0.863. The maximum Gasteiger partial charge on any atom is 0.335 e. The summed E-state index contributed by atoms with van der Waals surface area (Å²) in [7, 11) is 0. The van der Waals surface area contributed by atoms with Crippen LogP contribution in [0.3, 0.4) is 0 Å². The van der Waals surface area contributed by atoms with Gasteiger partial charge in [0, 0.05) is 0 Å². The van der Waals surface area contributed by atoms with Crippen molar-refractivity contribution < 1.29 is 14.6 Å². The second-order valence-corrected chi connectivity index (χ2v) is 6.02. The molecule has 2 rings (SSSR count). The molecule has 1 N–H and O–H groups in total. The van der Waals surface area contributed by atoms with Gasteiger partial charge < -0.3 is 9.84 Å². The summed E-state index contributed by atoms with van der Waals surface area (Å²) < 4.78 is 5.88. The summed E-state index contributed by atoms with van der Waals surface area (Å²) in [6, 6.07) is 5.32. The monoisotopic (exact) mass is 276 g/mol. The molecule has 0 unspecified atom stereocenters. The molecule has 0 bridgehead atoms. The molecule has 110 valence electrons. The predicted molar refractivity (Wildman–Crippen MR) is 79.6 cm³/mol. The molecule has 1 saturated carbocycles. The topological polar surface area (TPSA) is 46.5 Å². The highest BCUT2D eigenvalue weighted by Gasteiger charge is 2.16. The zero-order valence-electron chi connectivity index (χ0n) is 12.4. The SMILES string of the molecule is CC(C)c1cc(OCC2CCCCC2)ccc1C(=O)O. The fraction of sp³-hybridized carbons (Fsp3) is 0.588. The summed E-state index contributed by atoms with van der Waals surface area (Å²) in [6.07, 6.45) is 6.47. The first-order chi connectivity index (χ1) is 9.58. The van der Waals surface area contributed by atoms with Gasteiger partial charge in [-0.3, -0.25) is 0 Å². The van der Waals surface area contributed by atoms with E-state index < -0.39 is 5.97 Å². The first-order valence-corrected chi connectivity index (χ1v) is 7.58. The predicted octanol–water partition coefficient (Wildman–Crippen LogP) is 4.47. The molecule has 0 aliphatic heterocycles. The lowest BCUT2D eigenvalue weighted by Crippen LogP contribution is -2.15. The fourth-order valence-corrected chi connectivity index (χ4v) is 2.87. The standard InChI is InChI=1S/C17H24O3/c1-12(2)16-10-14(8-9-15(16)17(18)19)20-11-13-6-4-3-5-7-13/h8-10,12-13H,3-7,11H2,1-2H3,(H,18,19). The van der Waals surface area contributed by atoms with Gasteiger partial charge in [0.05, 0.1) is 12.2 Å². The number of hydrogen-bond acceptors (Lipinski definition) is 2. The number of ether oxygens (including phenoxy) is 1. The molecule has 0 aromatic heterocycles. The number of benzene rings is 1. The minimum atomic E-state index is -0.868. The van der Waals surface area contributed by atoms with Crippen LogP contribution in [0, 0.1) is 5.92 Å². The number of rotatable bonds is 5. The van der Waals surface area contributed by atoms with E-state index in [1.807, 2.05) is 19.9 Å². The number of aromatic carboxylic acids is 1. The minimum Gasteiger partial charge on any atom is -0.493 e. The first kappa shape index (κ1) is 14.9. The normalized spacial score (nSPS) is 16.4. The molecule has 3 heteroatoms. The van der Waals surface area contributed by atoms with Crippen LogP contribution in [0.1, 0.15) is 67.8 Å². The molecule has 20 heavy (non-hydrogen) atoms. The van der Waals surface area contributed by atoms with Crippen molar-refractivity contribution in [1.29, 1.82) is 0 Å². The van der Waals surface area contributed by atoms with E-state index in [1.54, 1.807) is 12.1 Å². The number of carboxylic acid groups (broad SMARTS) is 1. The highest BCUT2D eigenvalue weighted by Crippen LogP contribution is 2.27. The second-order valence-electron chi connectivity index (χ2n) is 6.02. The van der Waals surface area contributed by atoms with Crippen molar-refractivity contribution >= 4 is 5.97 Å². The van der Waals surface area contributed by atoms with Crippen LogP contribution in [0.2, 0.25) is 0 Å². The summed E-state index contributed by atoms with van der Waals surface area (Å²) in [6.45, 7) is 4.77. The Morgan fingerprint density at radius 1 is 1.30 bits per heavy atom. The maximum atomic E-state index is 11.2. The molecule has 0 atom stereocenters. The lowest BCUT2D eigenvalue weighted by molar-refractivity contribution is 0.0695. The lowest BCUT2D eigenvalue weighted by atomic mass is 9.90. The summed E-state index contributed by atoms with van der Waals surface area (Å²) in [5.74, 6) is 0.765. The molecule has 1 fully saturated rings. The molecule has 0 radical (unpaired) electrons. The molecule has 1 aliphatic rings. The van der Waals surface area contributed by atoms with Gasteiger partial charge in [-0.25, -0.2) is 4.79 Å². The molecule has 0 saturated heterocycles. The third-order valence-electron chi connectivity index (χ3n) is 4.09. The van der Waals surface area contributed by atoms with Crippen molar-refractivity contribution in [2.45, 2.75) is 51.9 Å². The Labute approximate surface area is 121 Å². The van der Waals surface area contributed by atoms with E-state index in [9.17, 15) is 9.90 Å². The zero-order valence-corrected chi connectivity index (χ0v) is 12.4. The fourth-order valence-electron chi connectivity index (χ4n) is 2.87. The van der Waals surface area contributed by atoms with Gasteiger partial charge in [-0.1, -0.05) is 33.1 Å². The van der Waals surface area contributed by atoms with Crippen LogP contribution in [0.15, 0.2) is 18.2 Å². The smallest absolute Gasteiger partial charge is 0.335 e. The summed E-state index contributed by atoms with van der Waals surface area (Å²) in [4.78, 5) is 11.2. The van der Waals surface area contributed by atoms with Gasteiger partial charge in [-0.2, -0.15) is 0 Å². The van der Waals surface area contributed by atoms with Crippen molar-refractivity contribution in [3.63, 3.8) is 0 Å². The van der Waals surface area contributed by atoms with E-state index in [1.165, 1.54) is 32.1 Å². The molecule has 0 spiro atoms. The Morgan fingerprint density at radius 3 is 2.60 bits per heavy atom. The number of carboxylic acids is 1. The van der Waals surface area contributed by atoms with Crippen LogP contribution in [0.25, 0.3) is 0 Å². The van der Waals surface area contributed by atoms with Gasteiger partial charge in [0.1, 0.15) is 5.75 Å². The second kappa shape index (κ2) is 6.78. The highest BCUT2D eigenvalue weighted by molar-refractivity contribution is 5.89. The zero-order chi connectivity index (χ0) is 14.5. The van der Waals surface area contributed by atoms with Gasteiger partial charge in [-0.05, 0) is 48.4 Å². The number of carbonyl (C=O) groups is 1. The third kappa shape index (κ3) is 3.75. The summed E-state index contributed by atoms with van der Waals surface area (Å²) >= 11 is 0. The van der Waals surface area contributed by atoms with E-state index in [2.05, 4.69) is 0 Å². The lowest BCUT2D eigenvalue weighted by Gasteiger charge is -2.22. The van der Waals surface area contributed by atoms with Crippen LogP contribution < -0.4 is 4.74 Å². The Kier molecular flexibility index (Phi) is 5.05. The average molecular weight is 276 g/mol. The van der Waals surface area contributed by atoms with Gasteiger partial charge in [0.2, 0.25) is 0 Å². The average Bonchev–Trinajstić information content (AvgIpc) is 2.45. The largest absolute Gasteiger partial charge is 0.493 e. The van der Waals surface area contributed by atoms with Gasteiger partial charge in [-0.15, -0.1) is 0 Å². The van der Waals surface area contributed by atoms with Gasteiger partial charge >= 0.3 is 5.97 Å². The van der Waals surface area contributed by atoms with E-state index in [0.29, 0.717) is 11.5 Å². The molecule has 1 aromatic carbocycles. The van der Waals surface area contributed by atoms with E-state index in [-0.39, 0.29) is 5.92 Å². The van der Waals surface area contributed by atoms with Crippen LogP contribution in [0.4, 0.5) is 0 Å². The third-order valence-corrected chi connectivity index (χ3v) is 4.09. The molecule has 0 amide bonds. The summed E-state index contributed by atoms with van der Waals surface area (Å²) in [5.41, 5.74) is 1.23. The van der Waals surface area contributed by atoms with Gasteiger partial charge in [0.15, 0.2) is 0 Å². The van der Waals surface area contributed by atoms with Crippen molar-refractivity contribution in [2.75, 3.05) is 6.61 Å². The van der Waals surface area contributed by atoms with Crippen molar-refractivity contribution in [3.8, 4) is 5.75 Å². The first-order valence-electron chi connectivity index (χ1n) is 7.58. The van der Waals surface area contributed by atoms with Crippen LogP contribution >= 0.6 is 0 Å². The van der Waals surface area contributed by atoms with Crippen molar-refractivity contribution in [1.82, 2.24) is 0 Å². The molecular weight excluding hydrogens is 252 g/mol. The van der Waals surface area contributed by atoms with E-state index >= 15 is 0 Å². The van der Waals surface area contributed by atoms with Crippen LogP contribution in [-0.2, 0) is 0 Å². The summed E-state index contributed by atoms with van der Waals surface area (Å²) in [5, 5.41) is 9.20. The van der Waals surface area contributed by atoms with E-state index in [0.717, 1.165) is 17.9 Å². The van der Waals surface area contributed by atoms with Crippen molar-refractivity contribution in [3.05, 3.63) is 29.3 Å². The molecule has 1 aromatic rings.